The van der Waals surface area contributed by atoms with Crippen LogP contribution in [-0.2, 0) is 0 Å². The Hall–Kier alpha value is -1.62. The van der Waals surface area contributed by atoms with Crippen molar-refractivity contribution in [3.63, 3.8) is 0 Å². The topological polar surface area (TPSA) is 69.2 Å². The van der Waals surface area contributed by atoms with Gasteiger partial charge in [-0.2, -0.15) is 0 Å². The molecule has 0 aromatic carbocycles. The monoisotopic (exact) mass is 273 g/mol. The lowest BCUT2D eigenvalue weighted by atomic mass is 10.1. The molecule has 5 heteroatoms. The highest BCUT2D eigenvalue weighted by atomic mass is 15.3. The van der Waals surface area contributed by atoms with Crippen LogP contribution in [0.25, 0.3) is 0 Å². The molecule has 0 bridgehead atoms. The lowest BCUT2D eigenvalue weighted by molar-refractivity contribution is 0.187. The first-order chi connectivity index (χ1) is 9.75. The first-order valence-corrected chi connectivity index (χ1v) is 7.53. The van der Waals surface area contributed by atoms with E-state index in [9.17, 15) is 0 Å². The molecule has 108 valence electrons. The summed E-state index contributed by atoms with van der Waals surface area (Å²) >= 11 is 0. The van der Waals surface area contributed by atoms with Crippen molar-refractivity contribution in [2.75, 3.05) is 31.1 Å². The smallest absolute Gasteiger partial charge is 0.125 e. The van der Waals surface area contributed by atoms with E-state index < -0.39 is 0 Å². The molecular weight excluding hydrogens is 250 g/mol. The van der Waals surface area contributed by atoms with E-state index in [0.29, 0.717) is 0 Å². The predicted octanol–water partition coefficient (Wildman–Crippen LogP) is 1.43. The van der Waals surface area contributed by atoms with Crippen LogP contribution < -0.4 is 10.6 Å². The van der Waals surface area contributed by atoms with Gasteiger partial charge >= 0.3 is 0 Å². The van der Waals surface area contributed by atoms with Crippen molar-refractivity contribution in [2.45, 2.75) is 31.7 Å². The summed E-state index contributed by atoms with van der Waals surface area (Å²) in [5.41, 5.74) is 7.47. The molecule has 1 saturated heterocycles. The molecule has 0 unspecified atom stereocenters. The molecule has 0 radical (unpaired) electrons. The number of piperazine rings is 1. The summed E-state index contributed by atoms with van der Waals surface area (Å²) in [6, 6.07) is 2.64. The van der Waals surface area contributed by atoms with Crippen LogP contribution in [0, 0.1) is 5.41 Å². The second kappa shape index (κ2) is 5.79. The quantitative estimate of drug-likeness (QED) is 0.646. The van der Waals surface area contributed by atoms with Crippen LogP contribution in [0.2, 0.25) is 0 Å². The molecule has 20 heavy (non-hydrogen) atoms. The maximum absolute atomic E-state index is 7.68. The third-order valence-electron chi connectivity index (χ3n) is 4.59. The molecule has 1 aliphatic carbocycles. The Bertz CT molecular complexity index is 473. The third kappa shape index (κ3) is 2.63. The fourth-order valence-electron chi connectivity index (χ4n) is 3.46. The maximum Gasteiger partial charge on any atom is 0.125 e. The second-order valence-corrected chi connectivity index (χ2v) is 5.77. The highest BCUT2D eigenvalue weighted by Crippen LogP contribution is 2.26. The Balaban J connectivity index is 1.67. The standard InChI is InChI=1S/C15H23N5/c16-15(17)13-5-6-18-11-14(13)20-9-7-19(8-10-20)12-3-1-2-4-12/h5-6,11-12H,1-4,7-10H2,(H3,16,17). The summed E-state index contributed by atoms with van der Waals surface area (Å²) in [6.45, 7) is 4.22. The van der Waals surface area contributed by atoms with Crippen LogP contribution in [-0.4, -0.2) is 47.9 Å². The molecule has 1 aromatic heterocycles. The molecule has 1 aliphatic heterocycles. The number of amidine groups is 1. The Morgan fingerprint density at radius 1 is 1.20 bits per heavy atom. The first-order valence-electron chi connectivity index (χ1n) is 7.53. The summed E-state index contributed by atoms with van der Waals surface area (Å²) in [5, 5.41) is 7.68. The van der Waals surface area contributed by atoms with Gasteiger partial charge in [-0.1, -0.05) is 12.8 Å². The highest BCUT2D eigenvalue weighted by Gasteiger charge is 2.27. The Labute approximate surface area is 120 Å². The van der Waals surface area contributed by atoms with Crippen molar-refractivity contribution in [1.29, 1.82) is 5.41 Å². The molecule has 3 N–H and O–H groups in total. The lowest BCUT2D eigenvalue weighted by Crippen LogP contribution is -2.50. The minimum absolute atomic E-state index is 0.126. The lowest BCUT2D eigenvalue weighted by Gasteiger charge is -2.39. The number of pyridine rings is 1. The zero-order valence-electron chi connectivity index (χ0n) is 11.9. The van der Waals surface area contributed by atoms with E-state index in [2.05, 4.69) is 14.8 Å². The first kappa shape index (κ1) is 13.4. The van der Waals surface area contributed by atoms with Gasteiger partial charge in [-0.3, -0.25) is 15.3 Å². The SMILES string of the molecule is N=C(N)c1ccncc1N1CCN(C2CCCC2)CC1. The van der Waals surface area contributed by atoms with E-state index in [1.807, 2.05) is 12.3 Å². The number of hydrogen-bond acceptors (Lipinski definition) is 4. The third-order valence-corrected chi connectivity index (χ3v) is 4.59. The van der Waals surface area contributed by atoms with Crippen molar-refractivity contribution in [3.05, 3.63) is 24.0 Å². The van der Waals surface area contributed by atoms with Gasteiger partial charge in [-0.15, -0.1) is 0 Å². The van der Waals surface area contributed by atoms with Crippen LogP contribution in [0.15, 0.2) is 18.5 Å². The zero-order valence-corrected chi connectivity index (χ0v) is 11.9. The molecule has 1 aromatic rings. The number of rotatable bonds is 3. The van der Waals surface area contributed by atoms with E-state index in [0.717, 1.165) is 43.5 Å². The van der Waals surface area contributed by atoms with Crippen molar-refractivity contribution >= 4 is 11.5 Å². The molecule has 0 spiro atoms. The van der Waals surface area contributed by atoms with Crippen LogP contribution in [0.3, 0.4) is 0 Å². The van der Waals surface area contributed by atoms with Gasteiger partial charge < -0.3 is 10.6 Å². The summed E-state index contributed by atoms with van der Waals surface area (Å²) in [4.78, 5) is 9.14. The van der Waals surface area contributed by atoms with Crippen LogP contribution in [0.1, 0.15) is 31.2 Å². The number of anilines is 1. The van der Waals surface area contributed by atoms with Crippen molar-refractivity contribution in [3.8, 4) is 0 Å². The molecule has 0 amide bonds. The molecule has 3 rings (SSSR count). The van der Waals surface area contributed by atoms with Crippen molar-refractivity contribution in [2.24, 2.45) is 5.73 Å². The van der Waals surface area contributed by atoms with Gasteiger partial charge in [0, 0.05) is 44.0 Å². The summed E-state index contributed by atoms with van der Waals surface area (Å²) in [7, 11) is 0. The molecule has 1 saturated carbocycles. The van der Waals surface area contributed by atoms with E-state index >= 15 is 0 Å². The second-order valence-electron chi connectivity index (χ2n) is 5.77. The Morgan fingerprint density at radius 3 is 2.55 bits per heavy atom. The minimum Gasteiger partial charge on any atom is -0.384 e. The average molecular weight is 273 g/mol. The van der Waals surface area contributed by atoms with E-state index in [-0.39, 0.29) is 5.84 Å². The number of hydrogen-bond donors (Lipinski definition) is 2. The number of nitrogens with two attached hydrogens (primary N) is 1. The fourth-order valence-corrected chi connectivity index (χ4v) is 3.46. The number of nitrogens with one attached hydrogen (secondary N) is 1. The zero-order chi connectivity index (χ0) is 13.9. The average Bonchev–Trinajstić information content (AvgIpc) is 3.02. The Morgan fingerprint density at radius 2 is 1.90 bits per heavy atom. The molecule has 5 nitrogen and oxygen atoms in total. The highest BCUT2D eigenvalue weighted by molar-refractivity contribution is 6.00. The maximum atomic E-state index is 7.68. The van der Waals surface area contributed by atoms with Crippen LogP contribution in [0.4, 0.5) is 5.69 Å². The number of nitrogens with zero attached hydrogens (tertiary/aromatic N) is 3. The van der Waals surface area contributed by atoms with Gasteiger partial charge in [-0.25, -0.2) is 0 Å². The van der Waals surface area contributed by atoms with E-state index in [4.69, 9.17) is 11.1 Å². The van der Waals surface area contributed by atoms with Gasteiger partial charge in [0.2, 0.25) is 0 Å². The number of aromatic nitrogens is 1. The van der Waals surface area contributed by atoms with E-state index in [1.165, 1.54) is 25.7 Å². The van der Waals surface area contributed by atoms with Gasteiger partial charge in [-0.05, 0) is 18.9 Å². The molecule has 2 heterocycles. The van der Waals surface area contributed by atoms with Crippen LogP contribution in [0.5, 0.6) is 0 Å². The summed E-state index contributed by atoms with van der Waals surface area (Å²) in [5.74, 6) is 0.126. The van der Waals surface area contributed by atoms with Gasteiger partial charge in [0.15, 0.2) is 0 Å². The normalized spacial score (nSPS) is 21.3. The van der Waals surface area contributed by atoms with Gasteiger partial charge in [0.25, 0.3) is 0 Å². The molecule has 2 fully saturated rings. The molecule has 2 aliphatic rings. The minimum atomic E-state index is 0.126. The Kier molecular flexibility index (Phi) is 3.87. The summed E-state index contributed by atoms with van der Waals surface area (Å²) < 4.78 is 0. The van der Waals surface area contributed by atoms with Crippen molar-refractivity contribution < 1.29 is 0 Å². The fraction of sp³-hybridized carbons (Fsp3) is 0.600. The van der Waals surface area contributed by atoms with Gasteiger partial charge in [0.1, 0.15) is 5.84 Å². The van der Waals surface area contributed by atoms with Crippen molar-refractivity contribution in [1.82, 2.24) is 9.88 Å². The molecular formula is C15H23N5. The summed E-state index contributed by atoms with van der Waals surface area (Å²) in [6.07, 6.45) is 9.05. The largest absolute Gasteiger partial charge is 0.384 e. The van der Waals surface area contributed by atoms with Gasteiger partial charge in [0.05, 0.1) is 11.9 Å². The van der Waals surface area contributed by atoms with E-state index in [1.54, 1.807) is 6.20 Å². The number of nitrogen functional groups attached to an aromatic ring is 1. The van der Waals surface area contributed by atoms with Crippen LogP contribution >= 0.6 is 0 Å². The predicted molar refractivity (Wildman–Crippen MR) is 81.3 cm³/mol. The molecule has 0 atom stereocenters.